The van der Waals surface area contributed by atoms with Gasteiger partial charge in [0.05, 0.1) is 26.2 Å². The number of thioether (sulfide) groups is 1. The quantitative estimate of drug-likeness (QED) is 0.780. The Morgan fingerprint density at radius 2 is 1.67 bits per heavy atom. The Labute approximate surface area is 145 Å². The second kappa shape index (κ2) is 7.17. The van der Waals surface area contributed by atoms with E-state index in [1.165, 1.54) is 11.8 Å². The molecule has 0 saturated carbocycles. The van der Waals surface area contributed by atoms with Gasteiger partial charge in [0.1, 0.15) is 5.75 Å². The van der Waals surface area contributed by atoms with E-state index in [9.17, 15) is 4.79 Å². The molecule has 1 fully saturated rings. The van der Waals surface area contributed by atoms with E-state index in [4.69, 9.17) is 14.2 Å². The number of hydrogen-bond acceptors (Lipinski definition) is 6. The monoisotopic (exact) mass is 348 g/mol. The molecular formula is C17H20N2O4S. The molecule has 0 bridgehead atoms. The molecule has 128 valence electrons. The average Bonchev–Trinajstić information content (AvgIpc) is 3.24. The molecule has 0 radical (unpaired) electrons. The third kappa shape index (κ3) is 3.21. The Bertz CT molecular complexity index is 709. The van der Waals surface area contributed by atoms with E-state index in [2.05, 4.69) is 9.89 Å². The largest absolute Gasteiger partial charge is 0.496 e. The molecule has 1 amide bonds. The lowest BCUT2D eigenvalue weighted by molar-refractivity contribution is -0.113. The van der Waals surface area contributed by atoms with E-state index in [1.54, 1.807) is 39.5 Å². The second-order valence-corrected chi connectivity index (χ2v) is 6.46. The fourth-order valence-corrected chi connectivity index (χ4v) is 3.70. The summed E-state index contributed by atoms with van der Waals surface area (Å²) >= 11 is 1.41. The van der Waals surface area contributed by atoms with Gasteiger partial charge in [-0.1, -0.05) is 0 Å². The zero-order valence-corrected chi connectivity index (χ0v) is 14.8. The van der Waals surface area contributed by atoms with Crippen LogP contribution in [0.1, 0.15) is 18.4 Å². The predicted molar refractivity (Wildman–Crippen MR) is 94.9 cm³/mol. The van der Waals surface area contributed by atoms with Crippen molar-refractivity contribution in [1.29, 1.82) is 0 Å². The molecule has 0 aliphatic carbocycles. The number of carbonyl (C=O) groups is 1. The van der Waals surface area contributed by atoms with E-state index in [0.717, 1.165) is 36.7 Å². The molecule has 0 atom stereocenters. The van der Waals surface area contributed by atoms with Crippen LogP contribution in [-0.2, 0) is 4.79 Å². The van der Waals surface area contributed by atoms with Crippen LogP contribution in [0.3, 0.4) is 0 Å². The molecule has 24 heavy (non-hydrogen) atoms. The SMILES string of the molecule is COc1cc(OC)c(OC)cc1/C=C1/SC(N2CCCC2)=NC1=O. The number of aliphatic imine (C=N–C) groups is 1. The van der Waals surface area contributed by atoms with Gasteiger partial charge in [0.2, 0.25) is 0 Å². The molecule has 6 nitrogen and oxygen atoms in total. The molecule has 0 N–H and O–H groups in total. The van der Waals surface area contributed by atoms with Crippen LogP contribution in [0.5, 0.6) is 17.2 Å². The molecule has 1 saturated heterocycles. The van der Waals surface area contributed by atoms with Crippen LogP contribution in [0.4, 0.5) is 0 Å². The number of methoxy groups -OCH3 is 3. The topological polar surface area (TPSA) is 60.4 Å². The van der Waals surface area contributed by atoms with Crippen LogP contribution in [0, 0.1) is 0 Å². The average molecular weight is 348 g/mol. The molecule has 1 aromatic carbocycles. The first-order valence-electron chi connectivity index (χ1n) is 7.73. The van der Waals surface area contributed by atoms with Gasteiger partial charge in [-0.25, -0.2) is 0 Å². The van der Waals surface area contributed by atoms with Gasteiger partial charge in [-0.05, 0) is 36.7 Å². The highest BCUT2D eigenvalue weighted by molar-refractivity contribution is 8.18. The molecule has 2 heterocycles. The summed E-state index contributed by atoms with van der Waals surface area (Å²) in [5.74, 6) is 1.57. The van der Waals surface area contributed by atoms with Crippen LogP contribution in [0.25, 0.3) is 6.08 Å². The Morgan fingerprint density at radius 1 is 1.04 bits per heavy atom. The van der Waals surface area contributed by atoms with E-state index in [-0.39, 0.29) is 5.91 Å². The van der Waals surface area contributed by atoms with Gasteiger partial charge in [-0.3, -0.25) is 4.79 Å². The van der Waals surface area contributed by atoms with Gasteiger partial charge in [0.15, 0.2) is 16.7 Å². The lowest BCUT2D eigenvalue weighted by Crippen LogP contribution is -2.23. The third-order valence-corrected chi connectivity index (χ3v) is 5.05. The van der Waals surface area contributed by atoms with Gasteiger partial charge < -0.3 is 19.1 Å². The number of carbonyl (C=O) groups excluding carboxylic acids is 1. The number of amides is 1. The Morgan fingerprint density at radius 3 is 2.29 bits per heavy atom. The summed E-state index contributed by atoms with van der Waals surface area (Å²) < 4.78 is 16.0. The molecule has 7 heteroatoms. The van der Waals surface area contributed by atoms with E-state index < -0.39 is 0 Å². The number of ether oxygens (including phenoxy) is 3. The fraction of sp³-hybridized carbons (Fsp3) is 0.412. The summed E-state index contributed by atoms with van der Waals surface area (Å²) in [5.41, 5.74) is 0.754. The summed E-state index contributed by atoms with van der Waals surface area (Å²) in [6.45, 7) is 1.93. The van der Waals surface area contributed by atoms with Crippen molar-refractivity contribution in [1.82, 2.24) is 4.90 Å². The van der Waals surface area contributed by atoms with Gasteiger partial charge in [0.25, 0.3) is 5.91 Å². The van der Waals surface area contributed by atoms with Crippen molar-refractivity contribution < 1.29 is 19.0 Å². The van der Waals surface area contributed by atoms with E-state index in [1.807, 2.05) is 0 Å². The lowest BCUT2D eigenvalue weighted by atomic mass is 10.1. The summed E-state index contributed by atoms with van der Waals surface area (Å²) in [4.78, 5) is 19.2. The minimum atomic E-state index is -0.210. The normalized spacial score (nSPS) is 19.0. The minimum Gasteiger partial charge on any atom is -0.496 e. The van der Waals surface area contributed by atoms with Crippen molar-refractivity contribution in [3.05, 3.63) is 22.6 Å². The molecular weight excluding hydrogens is 328 g/mol. The molecule has 3 rings (SSSR count). The maximum Gasteiger partial charge on any atom is 0.286 e. The second-order valence-electron chi connectivity index (χ2n) is 5.45. The molecule has 0 aromatic heterocycles. The number of hydrogen-bond donors (Lipinski definition) is 0. The van der Waals surface area contributed by atoms with Gasteiger partial charge in [-0.2, -0.15) is 4.99 Å². The first-order chi connectivity index (χ1) is 11.7. The molecule has 2 aliphatic rings. The highest BCUT2D eigenvalue weighted by atomic mass is 32.2. The smallest absolute Gasteiger partial charge is 0.286 e. The van der Waals surface area contributed by atoms with Gasteiger partial charge in [0, 0.05) is 24.7 Å². The molecule has 0 unspecified atom stereocenters. The minimum absolute atomic E-state index is 0.210. The van der Waals surface area contributed by atoms with Crippen LogP contribution in [0.15, 0.2) is 22.0 Å². The van der Waals surface area contributed by atoms with Gasteiger partial charge >= 0.3 is 0 Å². The summed E-state index contributed by atoms with van der Waals surface area (Å²) in [6.07, 6.45) is 4.09. The summed E-state index contributed by atoms with van der Waals surface area (Å²) in [7, 11) is 4.73. The maximum absolute atomic E-state index is 12.2. The molecule has 1 aromatic rings. The third-order valence-electron chi connectivity index (χ3n) is 4.01. The van der Waals surface area contributed by atoms with E-state index >= 15 is 0 Å². The van der Waals surface area contributed by atoms with Crippen LogP contribution >= 0.6 is 11.8 Å². The number of benzene rings is 1. The van der Waals surface area contributed by atoms with Crippen LogP contribution in [-0.4, -0.2) is 50.4 Å². The standard InChI is InChI=1S/C17H20N2O4S/c1-21-12-10-14(23-3)13(22-2)8-11(12)9-15-16(20)18-17(24-15)19-6-4-5-7-19/h8-10H,4-7H2,1-3H3/b15-9+. The number of amidine groups is 1. The van der Waals surface area contributed by atoms with Crippen molar-refractivity contribution in [2.75, 3.05) is 34.4 Å². The van der Waals surface area contributed by atoms with Crippen molar-refractivity contribution >= 4 is 28.9 Å². The first kappa shape index (κ1) is 16.7. The summed E-state index contributed by atoms with van der Waals surface area (Å²) in [5, 5.41) is 0.795. The number of rotatable bonds is 4. The predicted octanol–water partition coefficient (Wildman–Crippen LogP) is 2.78. The molecule has 2 aliphatic heterocycles. The lowest BCUT2D eigenvalue weighted by Gasteiger charge is -2.15. The highest BCUT2D eigenvalue weighted by Crippen LogP contribution is 2.38. The molecule has 0 spiro atoms. The highest BCUT2D eigenvalue weighted by Gasteiger charge is 2.28. The Kier molecular flexibility index (Phi) is 4.99. The Hall–Kier alpha value is -2.15. The van der Waals surface area contributed by atoms with E-state index in [0.29, 0.717) is 22.2 Å². The Balaban J connectivity index is 1.89. The van der Waals surface area contributed by atoms with Crippen molar-refractivity contribution in [2.45, 2.75) is 12.8 Å². The van der Waals surface area contributed by atoms with Gasteiger partial charge in [-0.15, -0.1) is 0 Å². The van der Waals surface area contributed by atoms with Crippen LogP contribution in [0.2, 0.25) is 0 Å². The zero-order chi connectivity index (χ0) is 17.1. The maximum atomic E-state index is 12.2. The van der Waals surface area contributed by atoms with Crippen molar-refractivity contribution in [3.63, 3.8) is 0 Å². The fourth-order valence-electron chi connectivity index (χ4n) is 2.75. The number of likely N-dealkylation sites (tertiary alicyclic amines) is 1. The van der Waals surface area contributed by atoms with Crippen LogP contribution < -0.4 is 14.2 Å². The van der Waals surface area contributed by atoms with Crippen molar-refractivity contribution in [2.24, 2.45) is 4.99 Å². The zero-order valence-electron chi connectivity index (χ0n) is 14.0. The van der Waals surface area contributed by atoms with Crippen molar-refractivity contribution in [3.8, 4) is 17.2 Å². The summed E-state index contributed by atoms with van der Waals surface area (Å²) in [6, 6.07) is 3.55. The first-order valence-corrected chi connectivity index (χ1v) is 8.55. The number of nitrogens with zero attached hydrogens (tertiary/aromatic N) is 2.